The lowest BCUT2D eigenvalue weighted by molar-refractivity contribution is 0.0993. The number of benzene rings is 1. The summed E-state index contributed by atoms with van der Waals surface area (Å²) in [6.45, 7) is 6.24. The van der Waals surface area contributed by atoms with E-state index in [1.807, 2.05) is 25.1 Å². The molecule has 23 heavy (non-hydrogen) atoms. The number of aliphatic hydroxyl groups excluding tert-OH is 1. The summed E-state index contributed by atoms with van der Waals surface area (Å²) in [5.74, 6) is 0.223. The molecule has 0 bridgehead atoms. The van der Waals surface area contributed by atoms with Crippen LogP contribution >= 0.6 is 0 Å². The Balaban J connectivity index is 1.99. The molecule has 6 heteroatoms. The minimum atomic E-state index is -0.603. The summed E-state index contributed by atoms with van der Waals surface area (Å²) in [6, 6.07) is 5.71. The molecule has 0 aliphatic heterocycles. The Hall–Kier alpha value is -2.34. The Morgan fingerprint density at radius 3 is 2.70 bits per heavy atom. The highest BCUT2D eigenvalue weighted by Gasteiger charge is 2.18. The van der Waals surface area contributed by atoms with Gasteiger partial charge in [-0.15, -0.1) is 0 Å². The van der Waals surface area contributed by atoms with E-state index in [1.165, 1.54) is 17.5 Å². The van der Waals surface area contributed by atoms with E-state index >= 15 is 0 Å². The third kappa shape index (κ3) is 4.32. The normalized spacial score (nSPS) is 13.6. The first-order valence-electron chi connectivity index (χ1n) is 7.60. The SMILES string of the molecule is Cc1ccc(OCCC(C(C)O)n2cnc(C(N)=O)c2)cc1C. The molecule has 3 N–H and O–H groups in total. The van der Waals surface area contributed by atoms with Crippen LogP contribution in [0, 0.1) is 13.8 Å². The smallest absolute Gasteiger partial charge is 0.268 e. The molecular formula is C17H23N3O3. The third-order valence-corrected chi connectivity index (χ3v) is 3.95. The molecule has 1 aromatic heterocycles. The molecule has 2 atom stereocenters. The summed E-state index contributed by atoms with van der Waals surface area (Å²) in [4.78, 5) is 15.1. The van der Waals surface area contributed by atoms with Crippen molar-refractivity contribution < 1.29 is 14.6 Å². The number of hydrogen-bond acceptors (Lipinski definition) is 4. The number of aliphatic hydroxyl groups is 1. The third-order valence-electron chi connectivity index (χ3n) is 3.95. The van der Waals surface area contributed by atoms with Crippen LogP contribution in [0.2, 0.25) is 0 Å². The van der Waals surface area contributed by atoms with Crippen LogP contribution < -0.4 is 10.5 Å². The maximum Gasteiger partial charge on any atom is 0.268 e. The number of ether oxygens (including phenoxy) is 1. The van der Waals surface area contributed by atoms with Crippen LogP contribution in [0.3, 0.4) is 0 Å². The Bertz CT molecular complexity index is 679. The van der Waals surface area contributed by atoms with Gasteiger partial charge in [0, 0.05) is 12.6 Å². The minimum Gasteiger partial charge on any atom is -0.494 e. The fourth-order valence-corrected chi connectivity index (χ4v) is 2.39. The van der Waals surface area contributed by atoms with Crippen molar-refractivity contribution in [3.05, 3.63) is 47.5 Å². The largest absolute Gasteiger partial charge is 0.494 e. The maximum atomic E-state index is 11.1. The Morgan fingerprint density at radius 2 is 2.13 bits per heavy atom. The summed E-state index contributed by atoms with van der Waals surface area (Å²) >= 11 is 0. The maximum absolute atomic E-state index is 11.1. The van der Waals surface area contributed by atoms with Crippen LogP contribution in [0.15, 0.2) is 30.7 Å². The second-order valence-electron chi connectivity index (χ2n) is 5.76. The average Bonchev–Trinajstić information content (AvgIpc) is 2.96. The van der Waals surface area contributed by atoms with E-state index in [4.69, 9.17) is 10.5 Å². The number of nitrogens with zero attached hydrogens (tertiary/aromatic N) is 2. The van der Waals surface area contributed by atoms with Gasteiger partial charge in [0.25, 0.3) is 5.91 Å². The molecule has 1 heterocycles. The van der Waals surface area contributed by atoms with Crippen LogP contribution in [0.5, 0.6) is 5.75 Å². The number of imidazole rings is 1. The molecule has 0 fully saturated rings. The first-order valence-corrected chi connectivity index (χ1v) is 7.60. The average molecular weight is 317 g/mol. The Morgan fingerprint density at radius 1 is 1.39 bits per heavy atom. The van der Waals surface area contributed by atoms with E-state index in [0.29, 0.717) is 13.0 Å². The van der Waals surface area contributed by atoms with Crippen LogP contribution in [0.4, 0.5) is 0 Å². The fraction of sp³-hybridized carbons (Fsp3) is 0.412. The zero-order chi connectivity index (χ0) is 17.0. The van der Waals surface area contributed by atoms with E-state index in [0.717, 1.165) is 5.75 Å². The number of carbonyl (C=O) groups is 1. The van der Waals surface area contributed by atoms with Gasteiger partial charge in [-0.1, -0.05) is 6.07 Å². The summed E-state index contributed by atoms with van der Waals surface area (Å²) in [6.07, 6.45) is 3.04. The first-order chi connectivity index (χ1) is 10.9. The fourth-order valence-electron chi connectivity index (χ4n) is 2.39. The number of hydrogen-bond donors (Lipinski definition) is 2. The second-order valence-corrected chi connectivity index (χ2v) is 5.76. The standard InChI is InChI=1S/C17H23N3O3/c1-11-4-5-14(8-12(11)2)23-7-6-16(13(3)21)20-9-15(17(18)22)19-10-20/h4-5,8-10,13,16,21H,6-7H2,1-3H3,(H2,18,22). The van der Waals surface area contributed by atoms with Crippen molar-refractivity contribution in [2.75, 3.05) is 6.61 Å². The molecule has 2 unspecified atom stereocenters. The lowest BCUT2D eigenvalue weighted by Crippen LogP contribution is -2.23. The molecule has 2 aromatic rings. The molecule has 6 nitrogen and oxygen atoms in total. The summed E-state index contributed by atoms with van der Waals surface area (Å²) in [5.41, 5.74) is 7.78. The Kier molecular flexibility index (Phi) is 5.39. The molecular weight excluding hydrogens is 294 g/mol. The number of aryl methyl sites for hydroxylation is 2. The van der Waals surface area contributed by atoms with Gasteiger partial charge in [-0.3, -0.25) is 4.79 Å². The van der Waals surface area contributed by atoms with E-state index in [9.17, 15) is 9.90 Å². The number of primary amides is 1. The molecule has 0 saturated carbocycles. The van der Waals surface area contributed by atoms with Gasteiger partial charge in [0.05, 0.1) is 25.1 Å². The van der Waals surface area contributed by atoms with Gasteiger partial charge in [0.15, 0.2) is 0 Å². The summed E-state index contributed by atoms with van der Waals surface area (Å²) in [7, 11) is 0. The zero-order valence-electron chi connectivity index (χ0n) is 13.7. The second kappa shape index (κ2) is 7.28. The van der Waals surface area contributed by atoms with Crippen molar-refractivity contribution in [3.63, 3.8) is 0 Å². The highest BCUT2D eigenvalue weighted by atomic mass is 16.5. The lowest BCUT2D eigenvalue weighted by Gasteiger charge is -2.21. The molecule has 1 aromatic carbocycles. The van der Waals surface area contributed by atoms with Gasteiger partial charge < -0.3 is 20.1 Å². The van der Waals surface area contributed by atoms with Crippen molar-refractivity contribution in [1.29, 1.82) is 0 Å². The minimum absolute atomic E-state index is 0.186. The molecule has 124 valence electrons. The van der Waals surface area contributed by atoms with Crippen molar-refractivity contribution in [1.82, 2.24) is 9.55 Å². The highest BCUT2D eigenvalue weighted by Crippen LogP contribution is 2.20. The molecule has 2 rings (SSSR count). The molecule has 1 amide bonds. The first kappa shape index (κ1) is 17.0. The lowest BCUT2D eigenvalue weighted by atomic mass is 10.1. The van der Waals surface area contributed by atoms with Crippen molar-refractivity contribution >= 4 is 5.91 Å². The zero-order valence-corrected chi connectivity index (χ0v) is 13.7. The van der Waals surface area contributed by atoms with Gasteiger partial charge in [-0.05, 0) is 44.0 Å². The molecule has 0 saturated heterocycles. The van der Waals surface area contributed by atoms with E-state index < -0.39 is 12.0 Å². The van der Waals surface area contributed by atoms with Crippen molar-refractivity contribution in [3.8, 4) is 5.75 Å². The Labute approximate surface area is 135 Å². The predicted molar refractivity (Wildman–Crippen MR) is 87.5 cm³/mol. The predicted octanol–water partition coefficient (Wildman–Crippen LogP) is 1.99. The summed E-state index contributed by atoms with van der Waals surface area (Å²) < 4.78 is 7.46. The van der Waals surface area contributed by atoms with Gasteiger partial charge >= 0.3 is 0 Å². The topological polar surface area (TPSA) is 90.4 Å². The van der Waals surface area contributed by atoms with E-state index in [-0.39, 0.29) is 11.7 Å². The quantitative estimate of drug-likeness (QED) is 0.817. The van der Waals surface area contributed by atoms with E-state index in [1.54, 1.807) is 17.7 Å². The number of carbonyl (C=O) groups excluding carboxylic acids is 1. The number of nitrogens with two attached hydrogens (primary N) is 1. The van der Waals surface area contributed by atoms with Gasteiger partial charge in [-0.2, -0.15) is 0 Å². The van der Waals surface area contributed by atoms with E-state index in [2.05, 4.69) is 11.9 Å². The van der Waals surface area contributed by atoms with Crippen LogP contribution in [-0.2, 0) is 0 Å². The van der Waals surface area contributed by atoms with Crippen molar-refractivity contribution in [2.24, 2.45) is 5.73 Å². The number of aromatic nitrogens is 2. The van der Waals surface area contributed by atoms with Gasteiger partial charge in [-0.25, -0.2) is 4.98 Å². The number of rotatable bonds is 7. The van der Waals surface area contributed by atoms with Crippen LogP contribution in [-0.4, -0.2) is 33.3 Å². The van der Waals surface area contributed by atoms with Gasteiger partial charge in [0.2, 0.25) is 0 Å². The highest BCUT2D eigenvalue weighted by molar-refractivity contribution is 5.90. The van der Waals surface area contributed by atoms with Gasteiger partial charge in [0.1, 0.15) is 11.4 Å². The molecule has 0 aliphatic carbocycles. The monoisotopic (exact) mass is 317 g/mol. The van der Waals surface area contributed by atoms with Crippen LogP contribution in [0.25, 0.3) is 0 Å². The van der Waals surface area contributed by atoms with Crippen LogP contribution in [0.1, 0.15) is 41.0 Å². The van der Waals surface area contributed by atoms with Crippen molar-refractivity contribution in [2.45, 2.75) is 39.3 Å². The molecule has 0 spiro atoms. The molecule has 0 radical (unpaired) electrons. The summed E-state index contributed by atoms with van der Waals surface area (Å²) in [5, 5.41) is 9.97. The number of amides is 1. The molecule has 0 aliphatic rings.